The van der Waals surface area contributed by atoms with Crippen LogP contribution in [-0.4, -0.2) is 48.5 Å². The number of likely N-dealkylation sites (tertiary alicyclic amines) is 1. The predicted octanol–water partition coefficient (Wildman–Crippen LogP) is 0.868. The molecule has 0 spiro atoms. The first-order valence-electron chi connectivity index (χ1n) is 5.20. The van der Waals surface area contributed by atoms with Crippen LogP contribution in [-0.2, 0) is 4.74 Å². The number of aliphatic hydroxyl groups is 1. The zero-order valence-electron chi connectivity index (χ0n) is 8.70. The number of ether oxygens (including phenoxy) is 1. The molecular formula is C10H21NO2. The summed E-state index contributed by atoms with van der Waals surface area (Å²) in [6.45, 7) is 7.26. The molecule has 0 radical (unpaired) electrons. The topological polar surface area (TPSA) is 32.7 Å². The fourth-order valence-corrected chi connectivity index (χ4v) is 1.80. The van der Waals surface area contributed by atoms with Gasteiger partial charge in [-0.25, -0.2) is 0 Å². The highest BCUT2D eigenvalue weighted by molar-refractivity contribution is 4.77. The summed E-state index contributed by atoms with van der Waals surface area (Å²) in [5.74, 6) is 0. The molecule has 1 rings (SSSR count). The van der Waals surface area contributed by atoms with Crippen LogP contribution in [0.5, 0.6) is 0 Å². The molecular weight excluding hydrogens is 166 g/mol. The normalized spacial score (nSPS) is 24.5. The van der Waals surface area contributed by atoms with Crippen LogP contribution >= 0.6 is 0 Å². The van der Waals surface area contributed by atoms with Gasteiger partial charge >= 0.3 is 0 Å². The van der Waals surface area contributed by atoms with Crippen molar-refractivity contribution in [2.75, 3.05) is 26.3 Å². The number of nitrogens with zero attached hydrogens (tertiary/aromatic N) is 1. The van der Waals surface area contributed by atoms with E-state index >= 15 is 0 Å². The van der Waals surface area contributed by atoms with Crippen molar-refractivity contribution in [2.45, 2.75) is 38.8 Å². The number of hydrogen-bond acceptors (Lipinski definition) is 3. The Morgan fingerprint density at radius 1 is 1.54 bits per heavy atom. The third-order valence-corrected chi connectivity index (χ3v) is 2.54. The monoisotopic (exact) mass is 187 g/mol. The Hall–Kier alpha value is -0.120. The van der Waals surface area contributed by atoms with Crippen molar-refractivity contribution in [3.63, 3.8) is 0 Å². The minimum atomic E-state index is 0.293. The Bertz CT molecular complexity index is 139. The lowest BCUT2D eigenvalue weighted by atomic mass is 10.2. The molecule has 1 N–H and O–H groups in total. The van der Waals surface area contributed by atoms with Gasteiger partial charge in [0, 0.05) is 12.6 Å². The van der Waals surface area contributed by atoms with E-state index in [0.29, 0.717) is 18.8 Å². The first-order valence-corrected chi connectivity index (χ1v) is 5.20. The van der Waals surface area contributed by atoms with Crippen molar-refractivity contribution in [3.05, 3.63) is 0 Å². The molecule has 1 fully saturated rings. The van der Waals surface area contributed by atoms with Crippen LogP contribution in [0.4, 0.5) is 0 Å². The summed E-state index contributed by atoms with van der Waals surface area (Å²) in [7, 11) is 0. The summed E-state index contributed by atoms with van der Waals surface area (Å²) in [5, 5.41) is 9.06. The Labute approximate surface area is 80.7 Å². The van der Waals surface area contributed by atoms with Crippen molar-refractivity contribution in [3.8, 4) is 0 Å². The summed E-state index contributed by atoms with van der Waals surface area (Å²) in [6.07, 6.45) is 2.67. The number of aliphatic hydroxyl groups excluding tert-OH is 1. The van der Waals surface area contributed by atoms with E-state index in [2.05, 4.69) is 4.90 Å². The standard InChI is InChI=1S/C10H21NO2/c1-9(2)13-7-6-11-5-3-4-10(11)8-12/h9-10,12H,3-8H2,1-2H3. The van der Waals surface area contributed by atoms with Crippen molar-refractivity contribution in [2.24, 2.45) is 0 Å². The lowest BCUT2D eigenvalue weighted by Gasteiger charge is -2.22. The van der Waals surface area contributed by atoms with Crippen LogP contribution in [0.25, 0.3) is 0 Å². The van der Waals surface area contributed by atoms with Crippen molar-refractivity contribution in [1.29, 1.82) is 0 Å². The van der Waals surface area contributed by atoms with Crippen LogP contribution in [0.2, 0.25) is 0 Å². The average Bonchev–Trinajstić information content (AvgIpc) is 2.51. The van der Waals surface area contributed by atoms with E-state index in [0.717, 1.165) is 26.1 Å². The van der Waals surface area contributed by atoms with Gasteiger partial charge in [0.2, 0.25) is 0 Å². The molecule has 0 aliphatic carbocycles. The summed E-state index contributed by atoms with van der Waals surface area (Å²) in [4.78, 5) is 2.32. The third-order valence-electron chi connectivity index (χ3n) is 2.54. The van der Waals surface area contributed by atoms with E-state index in [1.165, 1.54) is 6.42 Å². The Morgan fingerprint density at radius 2 is 2.31 bits per heavy atom. The molecule has 1 atom stereocenters. The summed E-state index contributed by atoms with van der Waals surface area (Å²) in [5.41, 5.74) is 0. The number of rotatable bonds is 5. The second kappa shape index (κ2) is 5.58. The highest BCUT2D eigenvalue weighted by Gasteiger charge is 2.22. The molecule has 0 aromatic rings. The Morgan fingerprint density at radius 3 is 2.92 bits per heavy atom. The molecule has 1 saturated heterocycles. The highest BCUT2D eigenvalue weighted by Crippen LogP contribution is 2.15. The maximum Gasteiger partial charge on any atom is 0.0597 e. The van der Waals surface area contributed by atoms with Gasteiger partial charge in [0.05, 0.1) is 19.3 Å². The maximum absolute atomic E-state index is 9.06. The summed E-state index contributed by atoms with van der Waals surface area (Å²) in [6, 6.07) is 0.385. The van der Waals surface area contributed by atoms with Crippen LogP contribution in [0.15, 0.2) is 0 Å². The second-order valence-electron chi connectivity index (χ2n) is 3.93. The lowest BCUT2D eigenvalue weighted by Crippen LogP contribution is -2.35. The van der Waals surface area contributed by atoms with Gasteiger partial charge in [0.1, 0.15) is 0 Å². The van der Waals surface area contributed by atoms with Crippen molar-refractivity contribution in [1.82, 2.24) is 4.90 Å². The summed E-state index contributed by atoms with van der Waals surface area (Å²) >= 11 is 0. The molecule has 0 aromatic carbocycles. The molecule has 0 bridgehead atoms. The van der Waals surface area contributed by atoms with Gasteiger partial charge in [-0.2, -0.15) is 0 Å². The van der Waals surface area contributed by atoms with E-state index in [4.69, 9.17) is 9.84 Å². The van der Waals surface area contributed by atoms with Gasteiger partial charge in [0.15, 0.2) is 0 Å². The molecule has 0 aromatic heterocycles. The third kappa shape index (κ3) is 3.63. The minimum Gasteiger partial charge on any atom is -0.395 e. The van der Waals surface area contributed by atoms with E-state index < -0.39 is 0 Å². The molecule has 1 aliphatic heterocycles. The zero-order valence-corrected chi connectivity index (χ0v) is 8.70. The molecule has 3 heteroatoms. The minimum absolute atomic E-state index is 0.293. The van der Waals surface area contributed by atoms with E-state index in [1.807, 2.05) is 13.8 Å². The van der Waals surface area contributed by atoms with Gasteiger partial charge in [0.25, 0.3) is 0 Å². The van der Waals surface area contributed by atoms with Gasteiger partial charge in [-0.1, -0.05) is 0 Å². The highest BCUT2D eigenvalue weighted by atomic mass is 16.5. The molecule has 78 valence electrons. The lowest BCUT2D eigenvalue weighted by molar-refractivity contribution is 0.0497. The van der Waals surface area contributed by atoms with Crippen molar-refractivity contribution < 1.29 is 9.84 Å². The molecule has 13 heavy (non-hydrogen) atoms. The molecule has 0 saturated carbocycles. The largest absolute Gasteiger partial charge is 0.395 e. The fraction of sp³-hybridized carbons (Fsp3) is 1.00. The predicted molar refractivity (Wildman–Crippen MR) is 52.8 cm³/mol. The van der Waals surface area contributed by atoms with Crippen molar-refractivity contribution >= 4 is 0 Å². The fourth-order valence-electron chi connectivity index (χ4n) is 1.80. The van der Waals surface area contributed by atoms with Gasteiger partial charge in [-0.05, 0) is 33.2 Å². The molecule has 1 heterocycles. The quantitative estimate of drug-likeness (QED) is 0.693. The van der Waals surface area contributed by atoms with Crippen LogP contribution in [0, 0.1) is 0 Å². The van der Waals surface area contributed by atoms with E-state index in [1.54, 1.807) is 0 Å². The van der Waals surface area contributed by atoms with Crippen LogP contribution in [0.3, 0.4) is 0 Å². The number of hydrogen-bond donors (Lipinski definition) is 1. The second-order valence-corrected chi connectivity index (χ2v) is 3.93. The molecule has 3 nitrogen and oxygen atoms in total. The van der Waals surface area contributed by atoms with Gasteiger partial charge < -0.3 is 9.84 Å². The maximum atomic E-state index is 9.06. The molecule has 1 aliphatic rings. The van der Waals surface area contributed by atoms with E-state index in [9.17, 15) is 0 Å². The Kier molecular flexibility index (Phi) is 4.70. The Balaban J connectivity index is 2.13. The SMILES string of the molecule is CC(C)OCCN1CCCC1CO. The molecule has 0 amide bonds. The van der Waals surface area contributed by atoms with E-state index in [-0.39, 0.29) is 0 Å². The van der Waals surface area contributed by atoms with Crippen LogP contribution < -0.4 is 0 Å². The zero-order chi connectivity index (χ0) is 9.68. The van der Waals surface area contributed by atoms with Gasteiger partial charge in [-0.3, -0.25) is 4.90 Å². The summed E-state index contributed by atoms with van der Waals surface area (Å²) < 4.78 is 5.47. The average molecular weight is 187 g/mol. The van der Waals surface area contributed by atoms with Gasteiger partial charge in [-0.15, -0.1) is 0 Å². The van der Waals surface area contributed by atoms with Crippen LogP contribution in [0.1, 0.15) is 26.7 Å². The smallest absolute Gasteiger partial charge is 0.0597 e. The first kappa shape index (κ1) is 11.0. The molecule has 1 unspecified atom stereocenters. The first-order chi connectivity index (χ1) is 6.24.